The van der Waals surface area contributed by atoms with E-state index in [0.717, 1.165) is 16.9 Å². The molecule has 2 aromatic heterocycles. The Bertz CT molecular complexity index is 1140. The van der Waals surface area contributed by atoms with E-state index in [1.165, 1.54) is 5.56 Å². The van der Waals surface area contributed by atoms with Gasteiger partial charge >= 0.3 is 0 Å². The number of rotatable bonds is 6. The summed E-state index contributed by atoms with van der Waals surface area (Å²) in [5.74, 6) is 0. The molecule has 2 heterocycles. The Labute approximate surface area is 189 Å². The van der Waals surface area contributed by atoms with Gasteiger partial charge in [0.25, 0.3) is 0 Å². The monoisotopic (exact) mass is 456 g/mol. The molecule has 30 heavy (non-hydrogen) atoms. The lowest BCUT2D eigenvalue weighted by Gasteiger charge is -2.08. The largest absolute Gasteiger partial charge is 0.330 e. The minimum atomic E-state index is 0.449. The maximum Gasteiger partial charge on any atom is 0.175 e. The van der Waals surface area contributed by atoms with Gasteiger partial charge in [0.1, 0.15) is 0 Å². The first-order valence-corrected chi connectivity index (χ1v) is 10.3. The first-order chi connectivity index (χ1) is 14.6. The summed E-state index contributed by atoms with van der Waals surface area (Å²) >= 11 is 17.9. The highest BCUT2D eigenvalue weighted by Crippen LogP contribution is 2.25. The van der Waals surface area contributed by atoms with Gasteiger partial charge in [-0.1, -0.05) is 59.6 Å². The first kappa shape index (κ1) is 20.4. The molecule has 0 unspecified atom stereocenters. The van der Waals surface area contributed by atoms with Gasteiger partial charge in [0.05, 0.1) is 36.9 Å². The molecule has 0 saturated carbocycles. The normalized spacial score (nSPS) is 10.7. The number of benzene rings is 2. The summed E-state index contributed by atoms with van der Waals surface area (Å²) in [5, 5.41) is 16.6. The molecule has 2 aromatic carbocycles. The molecule has 0 fully saturated rings. The molecule has 0 atom stereocenters. The molecule has 0 bridgehead atoms. The highest BCUT2D eigenvalue weighted by molar-refractivity contribution is 7.80. The maximum atomic E-state index is 6.23. The van der Waals surface area contributed by atoms with Crippen LogP contribution in [0.15, 0.2) is 73.3 Å². The van der Waals surface area contributed by atoms with Crippen LogP contribution in [0.3, 0.4) is 0 Å². The second-order valence-corrected chi connectivity index (χ2v) is 7.84. The lowest BCUT2D eigenvalue weighted by Crippen LogP contribution is -2.18. The summed E-state index contributed by atoms with van der Waals surface area (Å²) in [6.45, 7) is 1.16. The van der Waals surface area contributed by atoms with Crippen molar-refractivity contribution in [2.75, 3.05) is 10.6 Å². The van der Waals surface area contributed by atoms with Gasteiger partial charge in [0.15, 0.2) is 5.11 Å². The average molecular weight is 457 g/mol. The molecular formula is C21H18Cl2N6S. The Morgan fingerprint density at radius 1 is 0.800 bits per heavy atom. The zero-order valence-corrected chi connectivity index (χ0v) is 18.1. The number of thiocarbonyl (C=S) groups is 1. The van der Waals surface area contributed by atoms with Crippen LogP contribution >= 0.6 is 35.4 Å². The molecule has 0 aliphatic carbocycles. The molecule has 0 amide bonds. The summed E-state index contributed by atoms with van der Waals surface area (Å²) < 4.78 is 3.60. The Morgan fingerprint density at radius 3 is 1.97 bits per heavy atom. The number of anilines is 2. The van der Waals surface area contributed by atoms with Crippen molar-refractivity contribution in [1.82, 2.24) is 19.6 Å². The van der Waals surface area contributed by atoms with E-state index in [-0.39, 0.29) is 0 Å². The maximum absolute atomic E-state index is 6.23. The van der Waals surface area contributed by atoms with Gasteiger partial charge < -0.3 is 10.6 Å². The number of aromatic nitrogens is 4. The molecule has 4 aromatic rings. The number of hydrogen-bond donors (Lipinski definition) is 2. The van der Waals surface area contributed by atoms with E-state index in [2.05, 4.69) is 33.0 Å². The van der Waals surface area contributed by atoms with Gasteiger partial charge in [-0.2, -0.15) is 10.2 Å². The number of halogens is 2. The fourth-order valence-electron chi connectivity index (χ4n) is 2.94. The number of nitrogens with one attached hydrogen (secondary N) is 2. The van der Waals surface area contributed by atoms with Gasteiger partial charge in [-0.05, 0) is 29.9 Å². The van der Waals surface area contributed by atoms with Gasteiger partial charge in [-0.15, -0.1) is 0 Å². The van der Waals surface area contributed by atoms with Crippen molar-refractivity contribution in [2.45, 2.75) is 13.1 Å². The highest BCUT2D eigenvalue weighted by atomic mass is 35.5. The number of hydrogen-bond acceptors (Lipinski definition) is 3. The van der Waals surface area contributed by atoms with Gasteiger partial charge in [-0.3, -0.25) is 9.36 Å². The molecule has 2 N–H and O–H groups in total. The minimum absolute atomic E-state index is 0.449. The van der Waals surface area contributed by atoms with Crippen LogP contribution in [0.2, 0.25) is 10.0 Å². The zero-order valence-electron chi connectivity index (χ0n) is 15.8. The van der Waals surface area contributed by atoms with Crippen LogP contribution in [0.5, 0.6) is 0 Å². The standard InChI is InChI=1S/C21H18Cl2N6S/c22-19-7-4-8-20(23)18(19)14-29-13-17(10-25-29)27-21(30)26-16-9-24-28(12-16)11-15-5-2-1-3-6-15/h1-10,12-13H,11,14H2,(H2,26,27,30). The molecule has 152 valence electrons. The fourth-order valence-corrected chi connectivity index (χ4v) is 3.69. The Morgan fingerprint density at radius 2 is 1.37 bits per heavy atom. The lowest BCUT2D eigenvalue weighted by atomic mass is 10.2. The van der Waals surface area contributed by atoms with E-state index in [1.807, 2.05) is 53.5 Å². The first-order valence-electron chi connectivity index (χ1n) is 9.16. The Hall–Kier alpha value is -2.87. The molecule has 0 spiro atoms. The molecule has 0 saturated heterocycles. The van der Waals surface area contributed by atoms with Crippen LogP contribution in [0.25, 0.3) is 0 Å². The summed E-state index contributed by atoms with van der Waals surface area (Å²) in [7, 11) is 0. The third-order valence-corrected chi connectivity index (χ3v) is 5.26. The second kappa shape index (κ2) is 9.30. The van der Waals surface area contributed by atoms with E-state index >= 15 is 0 Å². The summed E-state index contributed by atoms with van der Waals surface area (Å²) in [5.41, 5.74) is 3.56. The van der Waals surface area contributed by atoms with Crippen molar-refractivity contribution < 1.29 is 0 Å². The van der Waals surface area contributed by atoms with Crippen molar-refractivity contribution in [3.8, 4) is 0 Å². The minimum Gasteiger partial charge on any atom is -0.330 e. The molecule has 0 aliphatic heterocycles. The van der Waals surface area contributed by atoms with Crippen molar-refractivity contribution in [2.24, 2.45) is 0 Å². The average Bonchev–Trinajstić information content (AvgIpc) is 3.35. The van der Waals surface area contributed by atoms with E-state index < -0.39 is 0 Å². The van der Waals surface area contributed by atoms with Crippen LogP contribution in [-0.4, -0.2) is 24.7 Å². The number of nitrogens with zero attached hydrogens (tertiary/aromatic N) is 4. The van der Waals surface area contributed by atoms with E-state index in [1.54, 1.807) is 17.1 Å². The molecule has 0 aliphatic rings. The fraction of sp³-hybridized carbons (Fsp3) is 0.0952. The molecule has 4 rings (SSSR count). The second-order valence-electron chi connectivity index (χ2n) is 6.62. The van der Waals surface area contributed by atoms with Crippen LogP contribution in [0, 0.1) is 0 Å². The lowest BCUT2D eigenvalue weighted by molar-refractivity contribution is 0.687. The van der Waals surface area contributed by atoms with Crippen LogP contribution < -0.4 is 10.6 Å². The third-order valence-electron chi connectivity index (χ3n) is 4.35. The predicted molar refractivity (Wildman–Crippen MR) is 125 cm³/mol. The van der Waals surface area contributed by atoms with Gasteiger partial charge in [-0.25, -0.2) is 0 Å². The molecule has 0 radical (unpaired) electrons. The van der Waals surface area contributed by atoms with Gasteiger partial charge in [0.2, 0.25) is 0 Å². The van der Waals surface area contributed by atoms with Crippen molar-refractivity contribution >= 4 is 51.9 Å². The van der Waals surface area contributed by atoms with E-state index in [0.29, 0.717) is 28.2 Å². The van der Waals surface area contributed by atoms with Crippen molar-refractivity contribution in [3.63, 3.8) is 0 Å². The summed E-state index contributed by atoms with van der Waals surface area (Å²) in [6.07, 6.45) is 7.17. The quantitative estimate of drug-likeness (QED) is 0.385. The SMILES string of the molecule is S=C(Nc1cnn(Cc2ccccc2)c1)Nc1cnn(Cc2c(Cl)cccc2Cl)c1. The van der Waals surface area contributed by atoms with Crippen molar-refractivity contribution in [1.29, 1.82) is 0 Å². The molecular weight excluding hydrogens is 439 g/mol. The predicted octanol–water partition coefficient (Wildman–Crippen LogP) is 5.29. The zero-order chi connectivity index (χ0) is 20.9. The smallest absolute Gasteiger partial charge is 0.175 e. The summed E-state index contributed by atoms with van der Waals surface area (Å²) in [6, 6.07) is 15.6. The van der Waals surface area contributed by atoms with E-state index in [4.69, 9.17) is 35.4 Å². The molecule has 6 nitrogen and oxygen atoms in total. The third kappa shape index (κ3) is 5.18. The Kier molecular flexibility index (Phi) is 6.32. The van der Waals surface area contributed by atoms with Crippen LogP contribution in [0.1, 0.15) is 11.1 Å². The van der Waals surface area contributed by atoms with E-state index in [9.17, 15) is 0 Å². The Balaban J connectivity index is 1.34. The summed E-state index contributed by atoms with van der Waals surface area (Å²) in [4.78, 5) is 0. The van der Waals surface area contributed by atoms with Gasteiger partial charge in [0, 0.05) is 28.0 Å². The van der Waals surface area contributed by atoms with Crippen LogP contribution in [-0.2, 0) is 13.1 Å². The topological polar surface area (TPSA) is 59.7 Å². The highest BCUT2D eigenvalue weighted by Gasteiger charge is 2.09. The van der Waals surface area contributed by atoms with Crippen LogP contribution in [0.4, 0.5) is 11.4 Å². The van der Waals surface area contributed by atoms with Crippen molar-refractivity contribution in [3.05, 3.63) is 94.5 Å². The molecule has 9 heteroatoms.